The number of hydrogen-bond donors (Lipinski definition) is 1. The Morgan fingerprint density at radius 3 is 2.62 bits per heavy atom. The molecule has 26 heavy (non-hydrogen) atoms. The number of nitrogens with zero attached hydrogens (tertiary/aromatic N) is 4. The second kappa shape index (κ2) is 6.68. The molecular formula is C20H16N4O2. The average molecular weight is 344 g/mol. The molecule has 2 heterocycles. The predicted molar refractivity (Wildman–Crippen MR) is 99.5 cm³/mol. The van der Waals surface area contributed by atoms with Crippen molar-refractivity contribution in [2.45, 2.75) is 0 Å². The van der Waals surface area contributed by atoms with Gasteiger partial charge in [-0.25, -0.2) is 4.98 Å². The molecule has 0 spiro atoms. The fraction of sp³-hybridized carbons (Fsp3) is 0.0500. The van der Waals surface area contributed by atoms with Gasteiger partial charge >= 0.3 is 0 Å². The molecule has 2 aromatic carbocycles. The molecule has 2 aromatic heterocycles. The number of aromatic nitrogens is 2. The van der Waals surface area contributed by atoms with Crippen molar-refractivity contribution in [3.8, 4) is 22.8 Å². The third kappa shape index (κ3) is 2.88. The standard InChI is InChI=1S/C20H16N4O2/c1-26-16-10-5-7-14(13-16)18-20(23-22-15-8-3-2-4-9-15)24-12-6-11-17(25)19(24)21-18/h2-13,25H,1H3. The van der Waals surface area contributed by atoms with Gasteiger partial charge in [0.2, 0.25) is 0 Å². The van der Waals surface area contributed by atoms with Gasteiger partial charge in [0.1, 0.15) is 11.4 Å². The van der Waals surface area contributed by atoms with Crippen LogP contribution in [0.25, 0.3) is 16.9 Å². The minimum atomic E-state index is 0.0813. The van der Waals surface area contributed by atoms with Gasteiger partial charge in [0.05, 0.1) is 12.8 Å². The average Bonchev–Trinajstić information content (AvgIpc) is 3.07. The van der Waals surface area contributed by atoms with Crippen LogP contribution in [-0.2, 0) is 0 Å². The Morgan fingerprint density at radius 2 is 1.81 bits per heavy atom. The zero-order valence-corrected chi connectivity index (χ0v) is 14.1. The minimum absolute atomic E-state index is 0.0813. The number of rotatable bonds is 4. The molecule has 0 aliphatic rings. The van der Waals surface area contributed by atoms with E-state index in [9.17, 15) is 5.11 Å². The first-order chi connectivity index (χ1) is 12.8. The first kappa shape index (κ1) is 15.8. The summed E-state index contributed by atoms with van der Waals surface area (Å²) in [5, 5.41) is 18.9. The number of azo groups is 1. The summed E-state index contributed by atoms with van der Waals surface area (Å²) in [5.41, 5.74) is 2.60. The molecule has 0 aliphatic carbocycles. The van der Waals surface area contributed by atoms with Gasteiger partial charge in [0, 0.05) is 11.8 Å². The number of methoxy groups -OCH3 is 1. The van der Waals surface area contributed by atoms with E-state index in [1.165, 1.54) is 0 Å². The second-order valence-corrected chi connectivity index (χ2v) is 5.64. The highest BCUT2D eigenvalue weighted by Gasteiger charge is 2.16. The molecule has 0 aliphatic heterocycles. The molecule has 6 heteroatoms. The smallest absolute Gasteiger partial charge is 0.187 e. The van der Waals surface area contributed by atoms with Gasteiger partial charge in [-0.2, -0.15) is 0 Å². The van der Waals surface area contributed by atoms with E-state index in [2.05, 4.69) is 15.2 Å². The molecule has 4 aromatic rings. The largest absolute Gasteiger partial charge is 0.504 e. The summed E-state index contributed by atoms with van der Waals surface area (Å²) in [6.07, 6.45) is 1.80. The lowest BCUT2D eigenvalue weighted by Crippen LogP contribution is -1.84. The van der Waals surface area contributed by atoms with Crippen molar-refractivity contribution in [2.75, 3.05) is 7.11 Å². The fourth-order valence-electron chi connectivity index (χ4n) is 2.70. The van der Waals surface area contributed by atoms with Crippen molar-refractivity contribution >= 4 is 17.2 Å². The third-order valence-electron chi connectivity index (χ3n) is 3.96. The first-order valence-electron chi connectivity index (χ1n) is 8.07. The summed E-state index contributed by atoms with van der Waals surface area (Å²) >= 11 is 0. The van der Waals surface area contributed by atoms with Crippen LogP contribution in [0, 0.1) is 0 Å². The highest BCUT2D eigenvalue weighted by atomic mass is 16.5. The van der Waals surface area contributed by atoms with Crippen molar-refractivity contribution < 1.29 is 9.84 Å². The number of pyridine rings is 1. The van der Waals surface area contributed by atoms with Crippen LogP contribution in [0.1, 0.15) is 0 Å². The lowest BCUT2D eigenvalue weighted by atomic mass is 10.1. The van der Waals surface area contributed by atoms with Crippen LogP contribution >= 0.6 is 0 Å². The van der Waals surface area contributed by atoms with Crippen LogP contribution in [0.2, 0.25) is 0 Å². The van der Waals surface area contributed by atoms with Gasteiger partial charge in [-0.15, -0.1) is 10.2 Å². The Kier molecular flexibility index (Phi) is 4.07. The minimum Gasteiger partial charge on any atom is -0.504 e. The molecule has 0 atom stereocenters. The molecule has 4 rings (SSSR count). The molecule has 0 amide bonds. The number of aromatic hydroxyl groups is 1. The number of imidazole rings is 1. The maximum Gasteiger partial charge on any atom is 0.187 e. The first-order valence-corrected chi connectivity index (χ1v) is 8.07. The normalized spacial score (nSPS) is 11.3. The van der Waals surface area contributed by atoms with E-state index in [1.54, 1.807) is 29.8 Å². The molecule has 0 bridgehead atoms. The van der Waals surface area contributed by atoms with Crippen LogP contribution in [0.5, 0.6) is 11.5 Å². The monoisotopic (exact) mass is 344 g/mol. The quantitative estimate of drug-likeness (QED) is 0.522. The summed E-state index contributed by atoms with van der Waals surface area (Å²) in [7, 11) is 1.62. The lowest BCUT2D eigenvalue weighted by Gasteiger charge is -2.03. The summed E-state index contributed by atoms with van der Waals surface area (Å²) in [5.74, 6) is 1.33. The van der Waals surface area contributed by atoms with E-state index in [-0.39, 0.29) is 5.75 Å². The highest BCUT2D eigenvalue weighted by molar-refractivity contribution is 5.77. The number of benzene rings is 2. The van der Waals surface area contributed by atoms with Crippen LogP contribution in [0.4, 0.5) is 11.5 Å². The van der Waals surface area contributed by atoms with E-state index >= 15 is 0 Å². The Hall–Kier alpha value is -3.67. The molecule has 6 nitrogen and oxygen atoms in total. The van der Waals surface area contributed by atoms with Gasteiger partial charge in [0.15, 0.2) is 17.2 Å². The zero-order chi connectivity index (χ0) is 17.9. The number of hydrogen-bond acceptors (Lipinski definition) is 5. The second-order valence-electron chi connectivity index (χ2n) is 5.64. The van der Waals surface area contributed by atoms with Crippen LogP contribution in [0.3, 0.4) is 0 Å². The molecular weight excluding hydrogens is 328 g/mol. The Balaban J connectivity index is 1.91. The lowest BCUT2D eigenvalue weighted by molar-refractivity contribution is 0.415. The van der Waals surface area contributed by atoms with Crippen molar-refractivity contribution in [3.63, 3.8) is 0 Å². The van der Waals surface area contributed by atoms with Gasteiger partial charge in [-0.3, -0.25) is 4.40 Å². The molecule has 1 N–H and O–H groups in total. The molecule has 0 radical (unpaired) electrons. The topological polar surface area (TPSA) is 71.5 Å². The zero-order valence-electron chi connectivity index (χ0n) is 14.1. The van der Waals surface area contributed by atoms with Gasteiger partial charge in [0.25, 0.3) is 0 Å². The molecule has 128 valence electrons. The van der Waals surface area contributed by atoms with Crippen molar-refractivity contribution in [1.82, 2.24) is 9.38 Å². The number of ether oxygens (including phenoxy) is 1. The third-order valence-corrected chi connectivity index (χ3v) is 3.96. The Bertz CT molecular complexity index is 1090. The van der Waals surface area contributed by atoms with Crippen LogP contribution in [0.15, 0.2) is 83.2 Å². The van der Waals surface area contributed by atoms with Crippen molar-refractivity contribution in [2.24, 2.45) is 10.2 Å². The van der Waals surface area contributed by atoms with Gasteiger partial charge < -0.3 is 9.84 Å². The van der Waals surface area contributed by atoms with Crippen molar-refractivity contribution in [3.05, 3.63) is 72.9 Å². The molecule has 0 saturated carbocycles. The molecule has 0 unspecified atom stereocenters. The summed E-state index contributed by atoms with van der Waals surface area (Å²) in [6, 6.07) is 20.3. The van der Waals surface area contributed by atoms with E-state index < -0.39 is 0 Å². The van der Waals surface area contributed by atoms with Crippen LogP contribution < -0.4 is 4.74 Å². The van der Waals surface area contributed by atoms with E-state index in [1.807, 2.05) is 54.6 Å². The molecule has 0 saturated heterocycles. The highest BCUT2D eigenvalue weighted by Crippen LogP contribution is 2.35. The Labute approximate surface area is 150 Å². The van der Waals surface area contributed by atoms with E-state index in [0.29, 0.717) is 17.2 Å². The van der Waals surface area contributed by atoms with Gasteiger partial charge in [-0.1, -0.05) is 30.3 Å². The fourth-order valence-corrected chi connectivity index (χ4v) is 2.70. The number of fused-ring (bicyclic) bond motifs is 1. The maximum atomic E-state index is 10.2. The van der Waals surface area contributed by atoms with E-state index in [4.69, 9.17) is 4.74 Å². The van der Waals surface area contributed by atoms with Crippen molar-refractivity contribution in [1.29, 1.82) is 0 Å². The predicted octanol–water partition coefficient (Wildman–Crippen LogP) is 5.13. The van der Waals surface area contributed by atoms with E-state index in [0.717, 1.165) is 17.0 Å². The summed E-state index contributed by atoms with van der Waals surface area (Å²) < 4.78 is 7.02. The van der Waals surface area contributed by atoms with Crippen LogP contribution in [-0.4, -0.2) is 21.6 Å². The maximum absolute atomic E-state index is 10.2. The van der Waals surface area contributed by atoms with Gasteiger partial charge in [-0.05, 0) is 36.4 Å². The Morgan fingerprint density at radius 1 is 0.962 bits per heavy atom. The SMILES string of the molecule is COc1cccc(-c2nc3c(O)cccn3c2N=Nc2ccccc2)c1. The summed E-state index contributed by atoms with van der Waals surface area (Å²) in [4.78, 5) is 4.57. The molecule has 0 fully saturated rings. The summed E-state index contributed by atoms with van der Waals surface area (Å²) in [6.45, 7) is 0.